The van der Waals surface area contributed by atoms with Crippen LogP contribution in [-0.2, 0) is 17.4 Å². The highest BCUT2D eigenvalue weighted by Crippen LogP contribution is 2.38. The standard InChI is InChI=1S/C26H36N4O2S/c1-5-19-7-10-21(11-8-19)33(32)28-24-18-26(3,4)27-23-12-9-20(17-22(23)24)25(31)30-15-13-29(6-2)14-16-30/h7-12,17,24,27-28H,5-6,13-16,18H2,1-4H3/t24-,33?/m0/s1. The number of anilines is 1. The summed E-state index contributed by atoms with van der Waals surface area (Å²) in [7, 11) is -1.34. The van der Waals surface area contributed by atoms with E-state index in [0.29, 0.717) is 5.56 Å². The van der Waals surface area contributed by atoms with Crippen LogP contribution in [-0.4, -0.2) is 58.2 Å². The van der Waals surface area contributed by atoms with Gasteiger partial charge in [0, 0.05) is 49.0 Å². The van der Waals surface area contributed by atoms with Gasteiger partial charge in [0.1, 0.15) is 11.0 Å². The van der Waals surface area contributed by atoms with Gasteiger partial charge in [-0.2, -0.15) is 0 Å². The average Bonchev–Trinajstić information content (AvgIpc) is 2.83. The van der Waals surface area contributed by atoms with Crippen LogP contribution in [0.3, 0.4) is 0 Å². The zero-order valence-corrected chi connectivity index (χ0v) is 21.0. The Hall–Kier alpha value is -2.22. The summed E-state index contributed by atoms with van der Waals surface area (Å²) in [4.78, 5) is 18.3. The summed E-state index contributed by atoms with van der Waals surface area (Å²) in [5.74, 6) is 0.0772. The Morgan fingerprint density at radius 1 is 1.09 bits per heavy atom. The van der Waals surface area contributed by atoms with Crippen molar-refractivity contribution in [2.24, 2.45) is 0 Å². The monoisotopic (exact) mass is 468 g/mol. The highest BCUT2D eigenvalue weighted by molar-refractivity contribution is 7.83. The average molecular weight is 469 g/mol. The van der Waals surface area contributed by atoms with Gasteiger partial charge in [-0.05, 0) is 74.7 Å². The first kappa shape index (κ1) is 23.9. The first-order chi connectivity index (χ1) is 15.8. The molecule has 1 saturated heterocycles. The van der Waals surface area contributed by atoms with Crippen LogP contribution in [0.25, 0.3) is 0 Å². The Morgan fingerprint density at radius 2 is 1.79 bits per heavy atom. The van der Waals surface area contributed by atoms with E-state index < -0.39 is 11.0 Å². The number of amides is 1. The van der Waals surface area contributed by atoms with E-state index in [9.17, 15) is 9.00 Å². The molecule has 0 bridgehead atoms. The number of hydrogen-bond acceptors (Lipinski definition) is 4. The molecule has 0 aliphatic carbocycles. The number of rotatable bonds is 6. The maximum atomic E-state index is 13.2. The molecule has 2 aliphatic heterocycles. The van der Waals surface area contributed by atoms with Gasteiger partial charge in [0.2, 0.25) is 0 Å². The van der Waals surface area contributed by atoms with Crippen molar-refractivity contribution in [2.75, 3.05) is 38.0 Å². The fourth-order valence-corrected chi connectivity index (χ4v) is 5.72. The van der Waals surface area contributed by atoms with Crippen molar-refractivity contribution < 1.29 is 9.00 Å². The lowest BCUT2D eigenvalue weighted by Gasteiger charge is -2.39. The number of fused-ring (bicyclic) bond motifs is 1. The third-order valence-corrected chi connectivity index (χ3v) is 7.96. The molecule has 6 nitrogen and oxygen atoms in total. The van der Waals surface area contributed by atoms with Crippen molar-refractivity contribution in [3.63, 3.8) is 0 Å². The summed E-state index contributed by atoms with van der Waals surface area (Å²) in [5, 5.41) is 3.58. The van der Waals surface area contributed by atoms with Crippen molar-refractivity contribution in [1.29, 1.82) is 0 Å². The molecule has 0 aromatic heterocycles. The predicted octanol–water partition coefficient (Wildman–Crippen LogP) is 3.97. The lowest BCUT2D eigenvalue weighted by molar-refractivity contribution is 0.0643. The van der Waals surface area contributed by atoms with Crippen LogP contribution in [0.5, 0.6) is 0 Å². The Balaban J connectivity index is 1.56. The zero-order chi connectivity index (χ0) is 23.6. The molecule has 2 aliphatic rings. The molecule has 1 fully saturated rings. The van der Waals surface area contributed by atoms with E-state index in [0.717, 1.165) is 61.7 Å². The Bertz CT molecular complexity index is 1010. The van der Waals surface area contributed by atoms with E-state index in [4.69, 9.17) is 0 Å². The zero-order valence-electron chi connectivity index (χ0n) is 20.2. The number of hydrogen-bond donors (Lipinski definition) is 2. The molecule has 2 N–H and O–H groups in total. The van der Waals surface area contributed by atoms with Gasteiger partial charge in [-0.3, -0.25) is 4.79 Å². The minimum atomic E-state index is -1.34. The van der Waals surface area contributed by atoms with E-state index in [-0.39, 0.29) is 17.5 Å². The van der Waals surface area contributed by atoms with Crippen molar-refractivity contribution in [2.45, 2.75) is 57.0 Å². The van der Waals surface area contributed by atoms with Gasteiger partial charge in [0.05, 0.1) is 4.90 Å². The molecule has 1 unspecified atom stereocenters. The summed E-state index contributed by atoms with van der Waals surface area (Å²) in [5.41, 5.74) is 3.78. The normalized spacial score (nSPS) is 21.2. The number of piperazine rings is 1. The number of likely N-dealkylation sites (N-methyl/N-ethyl adjacent to an activating group) is 1. The molecule has 2 aromatic carbocycles. The van der Waals surface area contributed by atoms with Crippen molar-refractivity contribution in [1.82, 2.24) is 14.5 Å². The number of carbonyl (C=O) groups is 1. The number of aryl methyl sites for hydroxylation is 1. The minimum Gasteiger partial charge on any atom is -0.380 e. The largest absolute Gasteiger partial charge is 0.380 e. The number of nitrogens with zero attached hydrogens (tertiary/aromatic N) is 2. The number of nitrogens with one attached hydrogen (secondary N) is 2. The Morgan fingerprint density at radius 3 is 2.42 bits per heavy atom. The molecular formula is C26H36N4O2S. The molecule has 2 atom stereocenters. The summed E-state index contributed by atoms with van der Waals surface area (Å²) >= 11 is 0. The van der Waals surface area contributed by atoms with E-state index >= 15 is 0 Å². The molecule has 0 saturated carbocycles. The summed E-state index contributed by atoms with van der Waals surface area (Å²) in [6.07, 6.45) is 1.73. The van der Waals surface area contributed by atoms with E-state index in [1.165, 1.54) is 5.56 Å². The highest BCUT2D eigenvalue weighted by atomic mass is 32.2. The SMILES string of the molecule is CCc1ccc(S(=O)N[C@H]2CC(C)(C)Nc3ccc(C(=O)N4CCN(CC)CC4)cc32)cc1. The molecule has 178 valence electrons. The van der Waals surface area contributed by atoms with Gasteiger partial charge in [0.25, 0.3) is 5.91 Å². The second kappa shape index (κ2) is 9.95. The first-order valence-electron chi connectivity index (χ1n) is 12.0. The molecule has 2 heterocycles. The maximum Gasteiger partial charge on any atom is 0.253 e. The summed E-state index contributed by atoms with van der Waals surface area (Å²) in [6.45, 7) is 12.9. The molecule has 33 heavy (non-hydrogen) atoms. The summed E-state index contributed by atoms with van der Waals surface area (Å²) in [6, 6.07) is 13.7. The fraction of sp³-hybridized carbons (Fsp3) is 0.500. The van der Waals surface area contributed by atoms with E-state index in [1.807, 2.05) is 47.4 Å². The van der Waals surface area contributed by atoms with Crippen LogP contribution < -0.4 is 10.0 Å². The van der Waals surface area contributed by atoms with Gasteiger partial charge in [-0.15, -0.1) is 0 Å². The van der Waals surface area contributed by atoms with Crippen LogP contribution in [0.2, 0.25) is 0 Å². The molecule has 7 heteroatoms. The molecule has 4 rings (SSSR count). The minimum absolute atomic E-state index is 0.0772. The maximum absolute atomic E-state index is 13.2. The lowest BCUT2D eigenvalue weighted by Crippen LogP contribution is -2.48. The lowest BCUT2D eigenvalue weighted by atomic mass is 9.85. The van der Waals surface area contributed by atoms with Crippen LogP contribution in [0, 0.1) is 0 Å². The summed E-state index contributed by atoms with van der Waals surface area (Å²) < 4.78 is 16.5. The van der Waals surface area contributed by atoms with Crippen LogP contribution in [0.4, 0.5) is 5.69 Å². The van der Waals surface area contributed by atoms with Crippen LogP contribution in [0.15, 0.2) is 47.4 Å². The Kier molecular flexibility index (Phi) is 7.22. The first-order valence-corrected chi connectivity index (χ1v) is 13.1. The second-order valence-corrected chi connectivity index (χ2v) is 10.9. The fourth-order valence-electron chi connectivity index (χ4n) is 4.73. The van der Waals surface area contributed by atoms with Crippen molar-refractivity contribution in [3.05, 3.63) is 59.2 Å². The Labute approximate surface area is 200 Å². The molecular weight excluding hydrogens is 432 g/mol. The number of carbonyl (C=O) groups excluding carboxylic acids is 1. The van der Waals surface area contributed by atoms with Gasteiger partial charge < -0.3 is 15.1 Å². The van der Waals surface area contributed by atoms with Gasteiger partial charge in [-0.25, -0.2) is 8.93 Å². The van der Waals surface area contributed by atoms with Crippen LogP contribution in [0.1, 0.15) is 61.6 Å². The van der Waals surface area contributed by atoms with Gasteiger partial charge >= 0.3 is 0 Å². The molecule has 1 amide bonds. The topological polar surface area (TPSA) is 64.7 Å². The smallest absolute Gasteiger partial charge is 0.253 e. The van der Waals surface area contributed by atoms with Crippen molar-refractivity contribution >= 4 is 22.6 Å². The van der Waals surface area contributed by atoms with Crippen molar-refractivity contribution in [3.8, 4) is 0 Å². The highest BCUT2D eigenvalue weighted by Gasteiger charge is 2.33. The van der Waals surface area contributed by atoms with E-state index in [2.05, 4.69) is 42.6 Å². The number of benzene rings is 2. The van der Waals surface area contributed by atoms with E-state index in [1.54, 1.807) is 0 Å². The predicted molar refractivity (Wildman–Crippen MR) is 135 cm³/mol. The van der Waals surface area contributed by atoms with Gasteiger partial charge in [0.15, 0.2) is 0 Å². The third-order valence-electron chi connectivity index (χ3n) is 6.76. The molecule has 2 aromatic rings. The third kappa shape index (κ3) is 5.48. The van der Waals surface area contributed by atoms with Crippen LogP contribution >= 0.6 is 0 Å². The quantitative estimate of drug-likeness (QED) is 0.673. The molecule has 0 radical (unpaired) electrons. The molecule has 0 spiro atoms. The second-order valence-electron chi connectivity index (χ2n) is 9.68. The van der Waals surface area contributed by atoms with Gasteiger partial charge in [-0.1, -0.05) is 26.0 Å².